The molecule has 0 amide bonds. The van der Waals surface area contributed by atoms with Crippen molar-refractivity contribution in [1.29, 1.82) is 0 Å². The van der Waals surface area contributed by atoms with Gasteiger partial charge in [-0.1, -0.05) is 12.1 Å². The Bertz CT molecular complexity index is 689. The van der Waals surface area contributed by atoms with Gasteiger partial charge in [-0.2, -0.15) is 18.3 Å². The molecule has 0 atom stereocenters. The molecule has 1 aromatic carbocycles. The molecule has 0 spiro atoms. The number of hydrogen-bond acceptors (Lipinski definition) is 3. The van der Waals surface area contributed by atoms with E-state index in [0.717, 1.165) is 29.1 Å². The maximum Gasteiger partial charge on any atom is 0.417 e. The van der Waals surface area contributed by atoms with Gasteiger partial charge in [0.2, 0.25) is 0 Å². The number of pyridine rings is 1. The lowest BCUT2D eigenvalue weighted by atomic mass is 10.0. The summed E-state index contributed by atoms with van der Waals surface area (Å²) in [5, 5.41) is 4.15. The Morgan fingerprint density at radius 1 is 1.09 bits per heavy atom. The van der Waals surface area contributed by atoms with Crippen LogP contribution in [0.5, 0.6) is 0 Å². The molecule has 0 radical (unpaired) electrons. The van der Waals surface area contributed by atoms with E-state index in [4.69, 9.17) is 0 Å². The first-order chi connectivity index (χ1) is 10.3. The van der Waals surface area contributed by atoms with E-state index in [9.17, 15) is 13.2 Å². The van der Waals surface area contributed by atoms with E-state index in [-0.39, 0.29) is 5.82 Å². The molecule has 1 heterocycles. The van der Waals surface area contributed by atoms with Crippen LogP contribution in [0.4, 0.5) is 19.0 Å². The Labute approximate surface area is 126 Å². The molecule has 22 heavy (non-hydrogen) atoms. The first kappa shape index (κ1) is 16.0. The fourth-order valence-electron chi connectivity index (χ4n) is 1.80. The van der Waals surface area contributed by atoms with E-state index in [1.54, 1.807) is 0 Å². The van der Waals surface area contributed by atoms with E-state index in [2.05, 4.69) is 15.5 Å². The van der Waals surface area contributed by atoms with Crippen LogP contribution in [-0.2, 0) is 6.18 Å². The van der Waals surface area contributed by atoms with Gasteiger partial charge in [-0.25, -0.2) is 4.98 Å². The number of anilines is 1. The molecular weight excluding hydrogens is 291 g/mol. The third kappa shape index (κ3) is 3.84. The van der Waals surface area contributed by atoms with E-state index in [1.807, 2.05) is 39.0 Å². The van der Waals surface area contributed by atoms with Crippen molar-refractivity contribution in [3.05, 3.63) is 58.8 Å². The Kier molecular flexibility index (Phi) is 4.49. The smallest absolute Gasteiger partial charge is 0.261 e. The monoisotopic (exact) mass is 307 g/mol. The molecule has 6 heteroatoms. The van der Waals surface area contributed by atoms with Gasteiger partial charge in [-0.3, -0.25) is 5.43 Å². The lowest BCUT2D eigenvalue weighted by Crippen LogP contribution is -2.06. The van der Waals surface area contributed by atoms with Crippen LogP contribution in [0.15, 0.2) is 41.6 Å². The highest BCUT2D eigenvalue weighted by Gasteiger charge is 2.30. The summed E-state index contributed by atoms with van der Waals surface area (Å²) in [6.45, 7) is 5.86. The molecule has 0 saturated heterocycles. The summed E-state index contributed by atoms with van der Waals surface area (Å²) in [6, 6.07) is 8.18. The van der Waals surface area contributed by atoms with E-state index >= 15 is 0 Å². The minimum Gasteiger partial charge on any atom is -0.261 e. The lowest BCUT2D eigenvalue weighted by Gasteiger charge is -2.08. The quantitative estimate of drug-likeness (QED) is 0.667. The Morgan fingerprint density at radius 2 is 1.82 bits per heavy atom. The van der Waals surface area contributed by atoms with Gasteiger partial charge in [-0.05, 0) is 55.7 Å². The topological polar surface area (TPSA) is 37.3 Å². The van der Waals surface area contributed by atoms with Gasteiger partial charge in [0.15, 0.2) is 0 Å². The van der Waals surface area contributed by atoms with Crippen LogP contribution < -0.4 is 5.43 Å². The average Bonchev–Trinajstić information content (AvgIpc) is 2.47. The summed E-state index contributed by atoms with van der Waals surface area (Å²) >= 11 is 0. The molecule has 0 saturated carbocycles. The molecule has 3 nitrogen and oxygen atoms in total. The molecular formula is C16H16F3N3. The number of alkyl halides is 3. The predicted molar refractivity (Wildman–Crippen MR) is 81.0 cm³/mol. The summed E-state index contributed by atoms with van der Waals surface area (Å²) in [6.07, 6.45) is -3.60. The van der Waals surface area contributed by atoms with Gasteiger partial charge in [0.1, 0.15) is 5.82 Å². The number of rotatable bonds is 3. The van der Waals surface area contributed by atoms with Crippen molar-refractivity contribution in [1.82, 2.24) is 4.98 Å². The van der Waals surface area contributed by atoms with Crippen molar-refractivity contribution in [3.63, 3.8) is 0 Å². The standard InChI is InChI=1S/C16H16F3N3/c1-10-4-5-13(8-11(10)2)12(3)21-22-15-7-6-14(9-20-15)16(17,18)19/h4-9H,1-3H3,(H,20,22)/b21-12+. The third-order valence-corrected chi connectivity index (χ3v) is 3.35. The molecule has 0 bridgehead atoms. The number of hydrazone groups is 1. The second-order valence-corrected chi connectivity index (χ2v) is 5.04. The first-order valence-corrected chi connectivity index (χ1v) is 6.68. The van der Waals surface area contributed by atoms with Crippen molar-refractivity contribution in [3.8, 4) is 0 Å². The van der Waals surface area contributed by atoms with E-state index in [0.29, 0.717) is 0 Å². The number of aromatic nitrogens is 1. The third-order valence-electron chi connectivity index (χ3n) is 3.35. The van der Waals surface area contributed by atoms with Crippen LogP contribution in [0.2, 0.25) is 0 Å². The zero-order chi connectivity index (χ0) is 16.3. The van der Waals surface area contributed by atoms with Crippen molar-refractivity contribution >= 4 is 11.5 Å². The van der Waals surface area contributed by atoms with Crippen molar-refractivity contribution in [2.24, 2.45) is 5.10 Å². The highest BCUT2D eigenvalue weighted by molar-refractivity contribution is 5.99. The summed E-state index contributed by atoms with van der Waals surface area (Å²) in [5.41, 5.74) is 5.90. The molecule has 0 fully saturated rings. The zero-order valence-corrected chi connectivity index (χ0v) is 12.5. The zero-order valence-electron chi connectivity index (χ0n) is 12.5. The summed E-state index contributed by atoms with van der Waals surface area (Å²) in [4.78, 5) is 3.70. The van der Waals surface area contributed by atoms with Crippen molar-refractivity contribution in [2.45, 2.75) is 26.9 Å². The summed E-state index contributed by atoms with van der Waals surface area (Å²) < 4.78 is 37.3. The van der Waals surface area contributed by atoms with Crippen LogP contribution in [0, 0.1) is 13.8 Å². The molecule has 1 aromatic heterocycles. The highest BCUT2D eigenvalue weighted by Crippen LogP contribution is 2.28. The fourth-order valence-corrected chi connectivity index (χ4v) is 1.80. The molecule has 1 N–H and O–H groups in total. The molecule has 0 aliphatic heterocycles. The lowest BCUT2D eigenvalue weighted by molar-refractivity contribution is -0.137. The average molecular weight is 307 g/mol. The Hall–Kier alpha value is -2.37. The number of halogens is 3. The minimum absolute atomic E-state index is 0.260. The Balaban J connectivity index is 2.12. The number of aryl methyl sites for hydroxylation is 2. The number of hydrogen-bond donors (Lipinski definition) is 1. The minimum atomic E-state index is -4.38. The molecule has 2 rings (SSSR count). The molecule has 0 aliphatic rings. The van der Waals surface area contributed by atoms with Gasteiger partial charge in [0.05, 0.1) is 11.3 Å². The van der Waals surface area contributed by atoms with Gasteiger partial charge in [-0.15, -0.1) is 0 Å². The van der Waals surface area contributed by atoms with Crippen LogP contribution in [0.3, 0.4) is 0 Å². The normalized spacial score (nSPS) is 12.4. The van der Waals surface area contributed by atoms with Crippen molar-refractivity contribution < 1.29 is 13.2 Å². The fraction of sp³-hybridized carbons (Fsp3) is 0.250. The van der Waals surface area contributed by atoms with Gasteiger partial charge in [0, 0.05) is 6.20 Å². The summed E-state index contributed by atoms with van der Waals surface area (Å²) in [5.74, 6) is 0.260. The van der Waals surface area contributed by atoms with Crippen LogP contribution in [-0.4, -0.2) is 10.7 Å². The first-order valence-electron chi connectivity index (χ1n) is 6.68. The van der Waals surface area contributed by atoms with E-state index in [1.165, 1.54) is 11.6 Å². The predicted octanol–water partition coefficient (Wildman–Crippen LogP) is 4.55. The molecule has 0 unspecified atom stereocenters. The maximum atomic E-state index is 12.4. The van der Waals surface area contributed by atoms with Gasteiger partial charge >= 0.3 is 6.18 Å². The molecule has 2 aromatic rings. The number of benzene rings is 1. The van der Waals surface area contributed by atoms with Gasteiger partial charge < -0.3 is 0 Å². The summed E-state index contributed by atoms with van der Waals surface area (Å²) in [7, 11) is 0. The SMILES string of the molecule is C/C(=N\Nc1ccc(C(F)(F)F)cn1)c1ccc(C)c(C)c1. The Morgan fingerprint density at radius 3 is 2.36 bits per heavy atom. The second-order valence-electron chi connectivity index (χ2n) is 5.04. The maximum absolute atomic E-state index is 12.4. The van der Waals surface area contributed by atoms with Gasteiger partial charge in [0.25, 0.3) is 0 Å². The van der Waals surface area contributed by atoms with Crippen LogP contribution >= 0.6 is 0 Å². The molecule has 116 valence electrons. The van der Waals surface area contributed by atoms with E-state index < -0.39 is 11.7 Å². The highest BCUT2D eigenvalue weighted by atomic mass is 19.4. The van der Waals surface area contributed by atoms with Crippen LogP contribution in [0.25, 0.3) is 0 Å². The number of nitrogens with one attached hydrogen (secondary N) is 1. The number of nitrogens with zero attached hydrogens (tertiary/aromatic N) is 2. The van der Waals surface area contributed by atoms with Crippen LogP contribution in [0.1, 0.15) is 29.2 Å². The second kappa shape index (κ2) is 6.17. The van der Waals surface area contributed by atoms with Crippen molar-refractivity contribution in [2.75, 3.05) is 5.43 Å². The molecule has 0 aliphatic carbocycles. The largest absolute Gasteiger partial charge is 0.417 e.